The molecule has 1 aliphatic rings. The smallest absolute Gasteiger partial charge is 0.218 e. The largest absolute Gasteiger partial charge is 0.494 e. The van der Waals surface area contributed by atoms with Gasteiger partial charge in [-0.15, -0.1) is 5.10 Å². The second-order valence-electron chi connectivity index (χ2n) is 9.75. The molecule has 8 nitrogen and oxygen atoms in total. The van der Waals surface area contributed by atoms with E-state index >= 15 is 4.39 Å². The monoisotopic (exact) mass is 512 g/mol. The Labute approximate surface area is 219 Å². The van der Waals surface area contributed by atoms with Crippen molar-refractivity contribution >= 4 is 11.3 Å². The van der Waals surface area contributed by atoms with Gasteiger partial charge in [0, 0.05) is 55.0 Å². The van der Waals surface area contributed by atoms with Gasteiger partial charge in [-0.2, -0.15) is 0 Å². The van der Waals surface area contributed by atoms with Gasteiger partial charge in [-0.05, 0) is 36.8 Å². The van der Waals surface area contributed by atoms with E-state index in [1.165, 1.54) is 7.11 Å². The van der Waals surface area contributed by atoms with E-state index in [0.29, 0.717) is 28.6 Å². The number of aryl methyl sites for hydroxylation is 1. The molecule has 9 heteroatoms. The van der Waals surface area contributed by atoms with Crippen LogP contribution in [-0.2, 0) is 7.05 Å². The molecular formula is C29H29FN6O2. The molecule has 0 aliphatic heterocycles. The topological polar surface area (TPSA) is 89.5 Å². The summed E-state index contributed by atoms with van der Waals surface area (Å²) in [4.78, 5) is 9.42. The number of aliphatic hydroxyl groups is 1. The molecule has 2 N–H and O–H groups in total. The molecule has 0 spiro atoms. The third-order valence-electron chi connectivity index (χ3n) is 7.33. The lowest BCUT2D eigenvalue weighted by Gasteiger charge is -2.17. The molecule has 1 fully saturated rings. The Balaban J connectivity index is 1.63. The standard InChI is InChI=1S/C29H29FN6O2/c1-35-14-13-31-29(35)28-33-27(32-20-12-11-18(15-20)17-37)26-24(19-7-4-3-5-8-19)22(16-36(26)34-28)21-9-6-10-23(38-2)25(21)30/h3-10,13-14,16,18,20,37H,11-12,15,17H2,1-2H3,(H,32,33,34)/t18-,20-/m1/s1. The summed E-state index contributed by atoms with van der Waals surface area (Å²) in [6, 6.07) is 15.2. The van der Waals surface area contributed by atoms with Crippen molar-refractivity contribution < 1.29 is 14.2 Å². The van der Waals surface area contributed by atoms with E-state index < -0.39 is 5.82 Å². The van der Waals surface area contributed by atoms with E-state index in [-0.39, 0.29) is 24.3 Å². The number of aromatic nitrogens is 5. The molecule has 0 radical (unpaired) electrons. The van der Waals surface area contributed by atoms with Crippen LogP contribution in [0.4, 0.5) is 10.2 Å². The van der Waals surface area contributed by atoms with Gasteiger partial charge in [-0.25, -0.2) is 18.9 Å². The number of imidazole rings is 1. The zero-order valence-corrected chi connectivity index (χ0v) is 21.3. The summed E-state index contributed by atoms with van der Waals surface area (Å²) < 4.78 is 24.6. The number of hydrogen-bond acceptors (Lipinski definition) is 6. The number of hydrogen-bond donors (Lipinski definition) is 2. The first-order valence-electron chi connectivity index (χ1n) is 12.7. The minimum atomic E-state index is -0.434. The normalized spacial score (nSPS) is 17.3. The summed E-state index contributed by atoms with van der Waals surface area (Å²) in [6.07, 6.45) is 8.14. The van der Waals surface area contributed by atoms with Crippen molar-refractivity contribution in [3.05, 3.63) is 72.9 Å². The lowest BCUT2D eigenvalue weighted by Crippen LogP contribution is -2.19. The van der Waals surface area contributed by atoms with Crippen molar-refractivity contribution in [3.63, 3.8) is 0 Å². The van der Waals surface area contributed by atoms with Gasteiger partial charge in [-0.1, -0.05) is 42.5 Å². The first-order chi connectivity index (χ1) is 18.6. The molecule has 6 rings (SSSR count). The Morgan fingerprint density at radius 2 is 1.95 bits per heavy atom. The molecule has 0 amide bonds. The highest BCUT2D eigenvalue weighted by molar-refractivity contribution is 5.99. The fourth-order valence-corrected chi connectivity index (χ4v) is 5.40. The Hall–Kier alpha value is -4.24. The number of nitrogens with one attached hydrogen (secondary N) is 1. The average molecular weight is 513 g/mol. The maximum Gasteiger partial charge on any atom is 0.218 e. The fraction of sp³-hybridized carbons (Fsp3) is 0.276. The Morgan fingerprint density at radius 1 is 1.11 bits per heavy atom. The molecule has 3 aromatic heterocycles. The van der Waals surface area contributed by atoms with Crippen LogP contribution < -0.4 is 10.1 Å². The molecule has 1 saturated carbocycles. The number of rotatable bonds is 7. The Kier molecular flexibility index (Phi) is 6.29. The van der Waals surface area contributed by atoms with Crippen LogP contribution in [0.25, 0.3) is 39.4 Å². The van der Waals surface area contributed by atoms with Crippen molar-refractivity contribution in [3.8, 4) is 39.7 Å². The van der Waals surface area contributed by atoms with Gasteiger partial charge in [0.15, 0.2) is 23.2 Å². The molecule has 194 valence electrons. The first kappa shape index (κ1) is 24.1. The zero-order valence-electron chi connectivity index (χ0n) is 21.3. The maximum atomic E-state index is 15.6. The molecule has 0 saturated heterocycles. The number of fused-ring (bicyclic) bond motifs is 1. The van der Waals surface area contributed by atoms with Gasteiger partial charge < -0.3 is 19.7 Å². The van der Waals surface area contributed by atoms with Crippen LogP contribution in [0.15, 0.2) is 67.1 Å². The molecule has 3 heterocycles. The van der Waals surface area contributed by atoms with Crippen LogP contribution in [0.3, 0.4) is 0 Å². The fourth-order valence-electron chi connectivity index (χ4n) is 5.40. The van der Waals surface area contributed by atoms with Crippen molar-refractivity contribution in [2.24, 2.45) is 13.0 Å². The van der Waals surface area contributed by atoms with Crippen LogP contribution in [-0.4, -0.2) is 49.0 Å². The highest BCUT2D eigenvalue weighted by atomic mass is 19.1. The summed E-state index contributed by atoms with van der Waals surface area (Å²) in [5.41, 5.74) is 3.59. The lowest BCUT2D eigenvalue weighted by molar-refractivity contribution is 0.229. The van der Waals surface area contributed by atoms with Crippen LogP contribution in [0.2, 0.25) is 0 Å². The van der Waals surface area contributed by atoms with E-state index in [4.69, 9.17) is 14.8 Å². The Morgan fingerprint density at radius 3 is 2.66 bits per heavy atom. The average Bonchev–Trinajstić information content (AvgIpc) is 3.67. The number of methoxy groups -OCH3 is 1. The van der Waals surface area contributed by atoms with Crippen LogP contribution in [0.1, 0.15) is 19.3 Å². The summed E-state index contributed by atoms with van der Waals surface area (Å²) in [5.74, 6) is 1.73. The van der Waals surface area contributed by atoms with Gasteiger partial charge in [0.2, 0.25) is 5.82 Å². The molecule has 2 aromatic carbocycles. The van der Waals surface area contributed by atoms with E-state index in [1.807, 2.05) is 54.3 Å². The summed E-state index contributed by atoms with van der Waals surface area (Å²) >= 11 is 0. The molecule has 5 aromatic rings. The van der Waals surface area contributed by atoms with Crippen LogP contribution in [0, 0.1) is 11.7 Å². The van der Waals surface area contributed by atoms with E-state index in [0.717, 1.165) is 35.9 Å². The predicted molar refractivity (Wildman–Crippen MR) is 144 cm³/mol. The molecule has 1 aliphatic carbocycles. The number of aliphatic hydroxyl groups excluding tert-OH is 1. The number of halogens is 1. The minimum Gasteiger partial charge on any atom is -0.494 e. The van der Waals surface area contributed by atoms with Crippen molar-refractivity contribution in [2.75, 3.05) is 19.0 Å². The quantitative estimate of drug-likeness (QED) is 0.312. The van der Waals surface area contributed by atoms with Gasteiger partial charge >= 0.3 is 0 Å². The van der Waals surface area contributed by atoms with Crippen LogP contribution in [0.5, 0.6) is 5.75 Å². The lowest BCUT2D eigenvalue weighted by atomic mass is 9.97. The number of nitrogens with zero attached hydrogens (tertiary/aromatic N) is 5. The van der Waals surface area contributed by atoms with Gasteiger partial charge in [0.05, 0.1) is 7.11 Å². The minimum absolute atomic E-state index is 0.149. The maximum absolute atomic E-state index is 15.6. The summed E-state index contributed by atoms with van der Waals surface area (Å²) in [6.45, 7) is 0.176. The molecule has 2 atom stereocenters. The van der Waals surface area contributed by atoms with Crippen LogP contribution >= 0.6 is 0 Å². The second-order valence-corrected chi connectivity index (χ2v) is 9.75. The van der Waals surface area contributed by atoms with Gasteiger partial charge in [-0.3, -0.25) is 0 Å². The number of benzene rings is 2. The SMILES string of the molecule is COc1cccc(-c2cn3nc(-c4nccn4C)nc(N[C@@H]4CC[C@@H](CO)C4)c3c2-c2ccccc2)c1F. The van der Waals surface area contributed by atoms with Gasteiger partial charge in [0.1, 0.15) is 5.52 Å². The highest BCUT2D eigenvalue weighted by Gasteiger charge is 2.28. The predicted octanol–water partition coefficient (Wildman–Crippen LogP) is 5.18. The molecular weight excluding hydrogens is 483 g/mol. The van der Waals surface area contributed by atoms with E-state index in [1.54, 1.807) is 28.9 Å². The number of ether oxygens (including phenoxy) is 1. The zero-order chi connectivity index (χ0) is 26.2. The highest BCUT2D eigenvalue weighted by Crippen LogP contribution is 2.42. The van der Waals surface area contributed by atoms with Crippen molar-refractivity contribution in [1.82, 2.24) is 24.1 Å². The number of anilines is 1. The van der Waals surface area contributed by atoms with Gasteiger partial charge in [0.25, 0.3) is 0 Å². The Bertz CT molecular complexity index is 1600. The molecule has 38 heavy (non-hydrogen) atoms. The first-order valence-corrected chi connectivity index (χ1v) is 12.7. The third-order valence-corrected chi connectivity index (χ3v) is 7.33. The second kappa shape index (κ2) is 9.90. The molecule has 0 unspecified atom stereocenters. The third kappa shape index (κ3) is 4.18. The summed E-state index contributed by atoms with van der Waals surface area (Å²) in [7, 11) is 3.36. The van der Waals surface area contributed by atoms with Crippen molar-refractivity contribution in [1.29, 1.82) is 0 Å². The van der Waals surface area contributed by atoms with E-state index in [9.17, 15) is 5.11 Å². The van der Waals surface area contributed by atoms with E-state index in [2.05, 4.69) is 10.3 Å². The van der Waals surface area contributed by atoms with Crippen molar-refractivity contribution in [2.45, 2.75) is 25.3 Å². The molecule has 0 bridgehead atoms. The summed E-state index contributed by atoms with van der Waals surface area (Å²) in [5, 5.41) is 18.2.